The van der Waals surface area contributed by atoms with Crippen molar-refractivity contribution in [2.45, 2.75) is 11.1 Å². The number of amidine groups is 2. The van der Waals surface area contributed by atoms with Gasteiger partial charge in [0.2, 0.25) is 0 Å². The molecule has 2 atom stereocenters. The number of aromatic nitrogens is 2. The number of nitrogens with zero attached hydrogens (tertiary/aromatic N) is 4. The SMILES string of the molecule is COc1nc(Cl)cc2c1Oc1ccc(Br)cc1[C@@]21COC(N)=N1.C[O-].NC1=N[C@@]2(CO1)c1cc(Br)ccc1Oc1c2cc(Cl)nc1F.[Na+]. The van der Waals surface area contributed by atoms with E-state index in [9.17, 15) is 4.39 Å². The summed E-state index contributed by atoms with van der Waals surface area (Å²) in [5, 5.41) is 8.54. The number of hydrogen-bond donors (Lipinski definition) is 2. The minimum atomic E-state index is -0.996. The fourth-order valence-corrected chi connectivity index (χ4v) is 6.75. The minimum Gasteiger partial charge on any atom is -0.857 e. The molecule has 2 aromatic heterocycles. The molecule has 0 bridgehead atoms. The van der Waals surface area contributed by atoms with Crippen molar-refractivity contribution in [3.05, 3.63) is 96.0 Å². The molecule has 0 fully saturated rings. The molecule has 48 heavy (non-hydrogen) atoms. The van der Waals surface area contributed by atoms with Gasteiger partial charge in [0.25, 0.3) is 23.9 Å². The number of methoxy groups -OCH3 is 1. The molecule has 0 amide bonds. The van der Waals surface area contributed by atoms with E-state index in [4.69, 9.17) is 63.5 Å². The van der Waals surface area contributed by atoms with Crippen molar-refractivity contribution in [2.75, 3.05) is 27.4 Å². The van der Waals surface area contributed by atoms with E-state index >= 15 is 0 Å². The standard InChI is InChI=1S/C15H11BrClN3O3.C14H8BrClFN3O2.CH3O.Na/c1-21-13-12-9(5-11(17)19-13)15(6-22-14(18)20-15)8-4-7(16)2-3-10(8)23-12;15-6-1-2-9-7(3-6)14(5-21-13(18)20-14)8-4-10(16)19-12(17)11(8)22-9;1-2;/h2-5H,6H2,1H3,(H2,18,20);1-4H,5H2,(H2,18,20);1H3;/q;;-1;+1/t15-;14-;;/m00../s1. The fraction of sp³-hybridized carbons (Fsp3) is 0.200. The Morgan fingerprint density at radius 1 is 0.771 bits per heavy atom. The van der Waals surface area contributed by atoms with Crippen molar-refractivity contribution in [2.24, 2.45) is 21.5 Å². The average Bonchev–Trinajstić information content (AvgIpc) is 3.64. The Morgan fingerprint density at radius 3 is 1.69 bits per heavy atom. The summed E-state index contributed by atoms with van der Waals surface area (Å²) in [4.78, 5) is 16.7. The zero-order chi connectivity index (χ0) is 33.7. The summed E-state index contributed by atoms with van der Waals surface area (Å²) in [7, 11) is 2.26. The van der Waals surface area contributed by atoms with Gasteiger partial charge in [0.15, 0.2) is 22.6 Å². The first kappa shape index (κ1) is 36.4. The van der Waals surface area contributed by atoms with Gasteiger partial charge in [-0.1, -0.05) is 55.1 Å². The molecule has 0 aliphatic carbocycles. The van der Waals surface area contributed by atoms with E-state index in [1.54, 1.807) is 18.2 Å². The van der Waals surface area contributed by atoms with Gasteiger partial charge in [0, 0.05) is 31.2 Å². The second kappa shape index (κ2) is 14.2. The Morgan fingerprint density at radius 2 is 1.23 bits per heavy atom. The average molecular weight is 835 g/mol. The molecule has 2 spiro atoms. The van der Waals surface area contributed by atoms with Crippen LogP contribution in [0.25, 0.3) is 0 Å². The van der Waals surface area contributed by atoms with Crippen molar-refractivity contribution in [1.82, 2.24) is 9.97 Å². The van der Waals surface area contributed by atoms with Crippen LogP contribution >= 0.6 is 55.1 Å². The van der Waals surface area contributed by atoms with E-state index in [1.807, 2.05) is 24.3 Å². The van der Waals surface area contributed by atoms with Gasteiger partial charge >= 0.3 is 29.6 Å². The van der Waals surface area contributed by atoms with E-state index in [2.05, 4.69) is 51.8 Å². The van der Waals surface area contributed by atoms with Crippen molar-refractivity contribution in [1.29, 1.82) is 0 Å². The third kappa shape index (κ3) is 6.19. The van der Waals surface area contributed by atoms with Crippen LogP contribution in [0, 0.1) is 5.95 Å². The molecule has 0 unspecified atom stereocenters. The molecule has 0 radical (unpaired) electrons. The number of rotatable bonds is 1. The van der Waals surface area contributed by atoms with Crippen LogP contribution < -0.4 is 60.3 Å². The smallest absolute Gasteiger partial charge is 0.857 e. The number of hydrogen-bond acceptors (Lipinski definition) is 12. The normalized spacial score (nSPS) is 20.2. The molecule has 0 saturated carbocycles. The molecule has 4 aliphatic heterocycles. The number of ether oxygens (including phenoxy) is 5. The third-order valence-corrected chi connectivity index (χ3v) is 8.93. The van der Waals surface area contributed by atoms with E-state index < -0.39 is 17.0 Å². The largest absolute Gasteiger partial charge is 1.00 e. The molecule has 2 aromatic carbocycles. The zero-order valence-electron chi connectivity index (χ0n) is 25.3. The number of aliphatic imine (C=N–C) groups is 2. The second-order valence-corrected chi connectivity index (χ2v) is 12.7. The van der Waals surface area contributed by atoms with Crippen LogP contribution in [-0.2, 0) is 20.6 Å². The first-order valence-corrected chi connectivity index (χ1v) is 15.8. The summed E-state index contributed by atoms with van der Waals surface area (Å²) in [6.07, 6.45) is 0. The van der Waals surface area contributed by atoms with Crippen molar-refractivity contribution in [3.8, 4) is 28.9 Å². The summed E-state index contributed by atoms with van der Waals surface area (Å²) in [6.45, 7) is 0.389. The van der Waals surface area contributed by atoms with Crippen molar-refractivity contribution >= 4 is 67.1 Å². The number of pyridine rings is 2. The molecule has 6 heterocycles. The van der Waals surface area contributed by atoms with Crippen LogP contribution in [0.1, 0.15) is 22.3 Å². The maximum absolute atomic E-state index is 14.2. The first-order chi connectivity index (χ1) is 22.5. The van der Waals surface area contributed by atoms with E-state index in [-0.39, 0.29) is 70.9 Å². The molecule has 244 valence electrons. The fourth-order valence-electron chi connectivity index (χ4n) is 5.65. The number of halogens is 5. The predicted molar refractivity (Wildman–Crippen MR) is 176 cm³/mol. The van der Waals surface area contributed by atoms with E-state index in [0.29, 0.717) is 34.3 Å². The summed E-state index contributed by atoms with van der Waals surface area (Å²) >= 11 is 18.9. The summed E-state index contributed by atoms with van der Waals surface area (Å²) in [6, 6.07) is 14.4. The molecule has 0 saturated heterocycles. The maximum atomic E-state index is 14.2. The van der Waals surface area contributed by atoms with Crippen LogP contribution in [0.5, 0.6) is 28.9 Å². The topological polar surface area (TPSA) is 172 Å². The van der Waals surface area contributed by atoms with Gasteiger partial charge in [-0.15, -0.1) is 0 Å². The molecule has 4 N–H and O–H groups in total. The Hall–Kier alpha value is -2.89. The van der Waals surface area contributed by atoms with Crippen LogP contribution in [0.15, 0.2) is 67.5 Å². The van der Waals surface area contributed by atoms with Crippen LogP contribution in [0.3, 0.4) is 0 Å². The van der Waals surface area contributed by atoms with Crippen molar-refractivity contribution in [3.63, 3.8) is 0 Å². The summed E-state index contributed by atoms with van der Waals surface area (Å²) in [5.41, 5.74) is 12.4. The molecular weight excluding hydrogens is 813 g/mol. The Bertz CT molecular complexity index is 2000. The quantitative estimate of drug-likeness (QED) is 0.215. The van der Waals surface area contributed by atoms with Gasteiger partial charge in [-0.2, -0.15) is 16.5 Å². The molecule has 8 rings (SSSR count). The summed E-state index contributed by atoms with van der Waals surface area (Å²) < 4.78 is 43.7. The third-order valence-electron chi connectivity index (χ3n) is 7.55. The van der Waals surface area contributed by atoms with Crippen molar-refractivity contribution < 1.29 is 62.7 Å². The van der Waals surface area contributed by atoms with Gasteiger partial charge < -0.3 is 40.3 Å². The monoisotopic (exact) mass is 832 g/mol. The summed E-state index contributed by atoms with van der Waals surface area (Å²) in [5.74, 6) is 1.07. The van der Waals surface area contributed by atoms with E-state index in [1.165, 1.54) is 13.2 Å². The predicted octanol–water partition coefficient (Wildman–Crippen LogP) is 2.51. The van der Waals surface area contributed by atoms with Gasteiger partial charge in [0.1, 0.15) is 35.0 Å². The number of nitrogens with two attached hydrogens (primary N) is 2. The van der Waals surface area contributed by atoms with Crippen LogP contribution in [-0.4, -0.2) is 49.4 Å². The van der Waals surface area contributed by atoms with Crippen LogP contribution in [0.4, 0.5) is 4.39 Å². The molecule has 4 aromatic rings. The van der Waals surface area contributed by atoms with E-state index in [0.717, 1.165) is 27.2 Å². The zero-order valence-corrected chi connectivity index (χ0v) is 32.0. The molecule has 4 aliphatic rings. The molecule has 18 heteroatoms. The van der Waals surface area contributed by atoms with Gasteiger partial charge in [-0.3, -0.25) is 0 Å². The Labute approximate surface area is 322 Å². The van der Waals surface area contributed by atoms with Gasteiger partial charge in [-0.05, 0) is 48.5 Å². The second-order valence-electron chi connectivity index (χ2n) is 10.1. The minimum absolute atomic E-state index is 0. The molecule has 12 nitrogen and oxygen atoms in total. The molecular formula is C30H22Br2Cl2FN6NaO6. The first-order valence-electron chi connectivity index (χ1n) is 13.5. The van der Waals surface area contributed by atoms with Gasteiger partial charge in [0.05, 0.1) is 7.11 Å². The van der Waals surface area contributed by atoms with Crippen LogP contribution in [0.2, 0.25) is 10.3 Å². The Kier molecular flexibility index (Phi) is 10.7. The van der Waals surface area contributed by atoms with Gasteiger partial charge in [-0.25, -0.2) is 15.0 Å². The number of benzene rings is 2. The number of fused-ring (bicyclic) bond motifs is 8. The maximum Gasteiger partial charge on any atom is 1.00 e. The Balaban J connectivity index is 0.000000175.